The maximum Gasteiger partial charge on any atom is 0.349 e. The molecule has 3 aromatic rings. The molecule has 3 rings (SSSR count). The van der Waals surface area contributed by atoms with Gasteiger partial charge in [0.15, 0.2) is 5.71 Å². The van der Waals surface area contributed by atoms with Gasteiger partial charge in [0.2, 0.25) is 0 Å². The fourth-order valence-corrected chi connectivity index (χ4v) is 2.98. The molecule has 0 aliphatic heterocycles. The number of nitrogens with one attached hydrogen (secondary N) is 2. The molecule has 33 heavy (non-hydrogen) atoms. The Balaban J connectivity index is 2.17. The summed E-state index contributed by atoms with van der Waals surface area (Å²) >= 11 is 0. The van der Waals surface area contributed by atoms with Crippen LogP contribution in [0.15, 0.2) is 102 Å². The average molecular weight is 438 g/mol. The zero-order chi connectivity index (χ0) is 23.5. The number of nitrogens with zero attached hydrogens (tertiary/aromatic N) is 2. The van der Waals surface area contributed by atoms with Crippen LogP contribution >= 0.6 is 0 Å². The van der Waals surface area contributed by atoms with Crippen LogP contribution in [0.1, 0.15) is 12.5 Å². The van der Waals surface area contributed by atoms with Gasteiger partial charge in [0.05, 0.1) is 12.3 Å². The highest BCUT2D eigenvalue weighted by Crippen LogP contribution is 2.23. The molecule has 0 saturated carbocycles. The summed E-state index contributed by atoms with van der Waals surface area (Å²) in [4.78, 5) is 26.0. The van der Waals surface area contributed by atoms with Gasteiger partial charge in [-0.15, -0.1) is 0 Å². The monoisotopic (exact) mass is 438 g/mol. The summed E-state index contributed by atoms with van der Waals surface area (Å²) in [7, 11) is 0. The molecule has 7 nitrogen and oxygen atoms in total. The number of esters is 1. The Hall–Kier alpha value is -4.70. The molecule has 164 valence electrons. The molecular formula is C26H22N4O3. The third kappa shape index (κ3) is 6.15. The smallest absolute Gasteiger partial charge is 0.349 e. The first-order valence-corrected chi connectivity index (χ1v) is 10.3. The second-order valence-electron chi connectivity index (χ2n) is 6.71. The van der Waals surface area contributed by atoms with Crippen molar-refractivity contribution in [2.45, 2.75) is 6.92 Å². The molecule has 0 fully saturated rings. The zero-order valence-electron chi connectivity index (χ0n) is 18.0. The second-order valence-corrected chi connectivity index (χ2v) is 6.71. The molecular weight excluding hydrogens is 416 g/mol. The van der Waals surface area contributed by atoms with E-state index < -0.39 is 11.9 Å². The Labute approximate surface area is 192 Å². The fraction of sp³-hybridized carbons (Fsp3) is 0.0769. The summed E-state index contributed by atoms with van der Waals surface area (Å²) in [6.07, 6.45) is 0. The SMILES string of the molecule is CCOC(=O)/C(C#N)=C(\C(=N\Nc1ccccc1)C(=O)Nc1ccccc1)c1ccccc1. The first-order chi connectivity index (χ1) is 16.1. The summed E-state index contributed by atoms with van der Waals surface area (Å²) in [5.41, 5.74) is 4.09. The summed E-state index contributed by atoms with van der Waals surface area (Å²) < 4.78 is 5.08. The summed E-state index contributed by atoms with van der Waals surface area (Å²) in [5.74, 6) is -1.43. The molecule has 2 N–H and O–H groups in total. The predicted octanol–water partition coefficient (Wildman–Crippen LogP) is 4.63. The minimum absolute atomic E-state index is 0.0633. The summed E-state index contributed by atoms with van der Waals surface area (Å²) in [6, 6.07) is 28.4. The number of ether oxygens (including phenoxy) is 1. The van der Waals surface area contributed by atoms with E-state index in [2.05, 4.69) is 15.8 Å². The van der Waals surface area contributed by atoms with E-state index in [1.165, 1.54) is 0 Å². The van der Waals surface area contributed by atoms with Crippen LogP contribution < -0.4 is 10.7 Å². The molecule has 1 amide bonds. The molecule has 0 spiro atoms. The Morgan fingerprint density at radius 2 is 1.42 bits per heavy atom. The fourth-order valence-electron chi connectivity index (χ4n) is 2.98. The lowest BCUT2D eigenvalue weighted by atomic mass is 9.95. The Morgan fingerprint density at radius 3 is 1.97 bits per heavy atom. The van der Waals surface area contributed by atoms with E-state index >= 15 is 0 Å². The van der Waals surface area contributed by atoms with Crippen molar-refractivity contribution in [1.29, 1.82) is 5.26 Å². The number of nitriles is 1. The van der Waals surface area contributed by atoms with Crippen LogP contribution in [-0.4, -0.2) is 24.2 Å². The van der Waals surface area contributed by atoms with Gasteiger partial charge < -0.3 is 10.1 Å². The van der Waals surface area contributed by atoms with Gasteiger partial charge in [-0.3, -0.25) is 10.2 Å². The standard InChI is InChI=1S/C26H22N4O3/c1-2-33-26(32)22(18-27)23(19-12-6-3-7-13-19)24(30-29-21-16-10-5-11-17-21)25(31)28-20-14-8-4-9-15-20/h3-17,29H,2H2,1H3,(H,28,31)/b23-22-,30-24-. The van der Waals surface area contributed by atoms with Gasteiger partial charge in [-0.1, -0.05) is 66.7 Å². The number of hydrogen-bond acceptors (Lipinski definition) is 6. The van der Waals surface area contributed by atoms with E-state index in [1.54, 1.807) is 73.7 Å². The second kappa shape index (κ2) is 11.6. The van der Waals surface area contributed by atoms with E-state index in [0.717, 1.165) is 0 Å². The van der Waals surface area contributed by atoms with Gasteiger partial charge in [-0.2, -0.15) is 10.4 Å². The normalized spacial score (nSPS) is 11.6. The molecule has 7 heteroatoms. The van der Waals surface area contributed by atoms with Crippen molar-refractivity contribution in [3.63, 3.8) is 0 Å². The number of amides is 1. The van der Waals surface area contributed by atoms with E-state index in [-0.39, 0.29) is 23.5 Å². The number of carbonyl (C=O) groups excluding carboxylic acids is 2. The van der Waals surface area contributed by atoms with Gasteiger partial charge in [-0.25, -0.2) is 4.79 Å². The van der Waals surface area contributed by atoms with Crippen molar-refractivity contribution in [2.75, 3.05) is 17.3 Å². The van der Waals surface area contributed by atoms with E-state index in [0.29, 0.717) is 16.9 Å². The molecule has 0 aliphatic carbocycles. The number of hydrogen-bond donors (Lipinski definition) is 2. The van der Waals surface area contributed by atoms with Gasteiger partial charge in [0.25, 0.3) is 5.91 Å². The highest BCUT2D eigenvalue weighted by atomic mass is 16.5. The van der Waals surface area contributed by atoms with E-state index in [4.69, 9.17) is 4.74 Å². The van der Waals surface area contributed by atoms with Crippen molar-refractivity contribution in [3.8, 4) is 6.07 Å². The number of carbonyl (C=O) groups is 2. The van der Waals surface area contributed by atoms with Crippen LogP contribution in [-0.2, 0) is 14.3 Å². The summed E-state index contributed by atoms with van der Waals surface area (Å²) in [5, 5.41) is 16.9. The minimum Gasteiger partial charge on any atom is -0.462 e. The molecule has 3 aromatic carbocycles. The molecule has 0 aromatic heterocycles. The summed E-state index contributed by atoms with van der Waals surface area (Å²) in [6.45, 7) is 1.72. The average Bonchev–Trinajstić information content (AvgIpc) is 2.85. The van der Waals surface area contributed by atoms with Crippen LogP contribution in [0.25, 0.3) is 5.57 Å². The number of rotatable bonds is 8. The molecule has 0 bridgehead atoms. The molecule has 0 atom stereocenters. The van der Waals surface area contributed by atoms with Crippen LogP contribution in [0.2, 0.25) is 0 Å². The van der Waals surface area contributed by atoms with E-state index in [9.17, 15) is 14.9 Å². The molecule has 0 aliphatic rings. The highest BCUT2D eigenvalue weighted by molar-refractivity contribution is 6.59. The topological polar surface area (TPSA) is 104 Å². The van der Waals surface area contributed by atoms with Crippen molar-refractivity contribution in [3.05, 3.63) is 102 Å². The first-order valence-electron chi connectivity index (χ1n) is 10.3. The van der Waals surface area contributed by atoms with E-state index in [1.807, 2.05) is 30.3 Å². The van der Waals surface area contributed by atoms with Crippen molar-refractivity contribution < 1.29 is 14.3 Å². The third-order valence-electron chi connectivity index (χ3n) is 4.46. The van der Waals surface area contributed by atoms with Gasteiger partial charge >= 0.3 is 5.97 Å². The molecule has 0 radical (unpaired) electrons. The lowest BCUT2D eigenvalue weighted by Gasteiger charge is -2.14. The van der Waals surface area contributed by atoms with Crippen LogP contribution in [0.4, 0.5) is 11.4 Å². The Morgan fingerprint density at radius 1 is 0.879 bits per heavy atom. The van der Waals surface area contributed by atoms with Gasteiger partial charge in [0, 0.05) is 11.3 Å². The van der Waals surface area contributed by atoms with Crippen molar-refractivity contribution in [1.82, 2.24) is 0 Å². The zero-order valence-corrected chi connectivity index (χ0v) is 18.0. The lowest BCUT2D eigenvalue weighted by Crippen LogP contribution is -2.27. The number of hydrazone groups is 1. The first kappa shape index (κ1) is 23.0. The predicted molar refractivity (Wildman–Crippen MR) is 128 cm³/mol. The van der Waals surface area contributed by atoms with Crippen molar-refractivity contribution >= 4 is 34.5 Å². The maximum atomic E-state index is 13.4. The Bertz CT molecular complexity index is 1200. The van der Waals surface area contributed by atoms with Gasteiger partial charge in [0.1, 0.15) is 11.6 Å². The molecule has 0 unspecified atom stereocenters. The maximum absolute atomic E-state index is 13.4. The van der Waals surface area contributed by atoms with Crippen LogP contribution in [0.5, 0.6) is 0 Å². The van der Waals surface area contributed by atoms with Gasteiger partial charge in [-0.05, 0) is 36.8 Å². The quantitative estimate of drug-likeness (QED) is 0.175. The van der Waals surface area contributed by atoms with Crippen LogP contribution in [0.3, 0.4) is 0 Å². The number of benzene rings is 3. The number of para-hydroxylation sites is 2. The molecule has 0 saturated heterocycles. The highest BCUT2D eigenvalue weighted by Gasteiger charge is 2.27. The minimum atomic E-state index is -0.834. The van der Waals surface area contributed by atoms with Crippen LogP contribution in [0, 0.1) is 11.3 Å². The third-order valence-corrected chi connectivity index (χ3v) is 4.46. The number of anilines is 2. The Kier molecular flexibility index (Phi) is 8.09. The largest absolute Gasteiger partial charge is 0.462 e. The molecule has 0 heterocycles. The van der Waals surface area contributed by atoms with Crippen molar-refractivity contribution in [2.24, 2.45) is 5.10 Å². The lowest BCUT2D eigenvalue weighted by molar-refractivity contribution is -0.137.